The number of carbonyl (C=O) groups is 1. The lowest BCUT2D eigenvalue weighted by atomic mass is 10.1. The number of benzene rings is 1. The van der Waals surface area contributed by atoms with Crippen LogP contribution in [0, 0.1) is 11.2 Å². The van der Waals surface area contributed by atoms with Gasteiger partial charge >= 0.3 is 0 Å². The molecule has 0 aromatic heterocycles. The Labute approximate surface area is 120 Å². The van der Waals surface area contributed by atoms with Gasteiger partial charge in [-0.3, -0.25) is 4.79 Å². The zero-order valence-corrected chi connectivity index (χ0v) is 12.4. The first-order valence-electron chi connectivity index (χ1n) is 6.29. The van der Waals surface area contributed by atoms with Gasteiger partial charge in [-0.1, -0.05) is 15.9 Å². The molecule has 1 saturated carbocycles. The van der Waals surface area contributed by atoms with Gasteiger partial charge in [0, 0.05) is 18.1 Å². The number of amides is 1. The summed E-state index contributed by atoms with van der Waals surface area (Å²) in [5, 5.41) is 9.23. The molecule has 1 aliphatic rings. The third kappa shape index (κ3) is 3.15. The van der Waals surface area contributed by atoms with E-state index in [4.69, 9.17) is 0 Å². The van der Waals surface area contributed by atoms with Gasteiger partial charge < -0.3 is 10.0 Å². The van der Waals surface area contributed by atoms with Crippen molar-refractivity contribution in [1.82, 2.24) is 4.90 Å². The van der Waals surface area contributed by atoms with Gasteiger partial charge in [0.2, 0.25) is 5.91 Å². The highest BCUT2D eigenvalue weighted by molar-refractivity contribution is 9.10. The monoisotopic (exact) mass is 329 g/mol. The Morgan fingerprint density at radius 2 is 2.21 bits per heavy atom. The number of rotatable bonds is 5. The minimum atomic E-state index is -0.551. The lowest BCUT2D eigenvalue weighted by Gasteiger charge is -2.22. The quantitative estimate of drug-likeness (QED) is 0.900. The van der Waals surface area contributed by atoms with Crippen molar-refractivity contribution in [2.45, 2.75) is 19.3 Å². The van der Waals surface area contributed by atoms with Gasteiger partial charge in [0.25, 0.3) is 0 Å². The number of halogens is 2. The predicted molar refractivity (Wildman–Crippen MR) is 74.2 cm³/mol. The van der Waals surface area contributed by atoms with Crippen molar-refractivity contribution < 1.29 is 14.3 Å². The summed E-state index contributed by atoms with van der Waals surface area (Å²) >= 11 is 3.30. The molecule has 0 radical (unpaired) electrons. The van der Waals surface area contributed by atoms with Gasteiger partial charge in [0.1, 0.15) is 5.82 Å². The summed E-state index contributed by atoms with van der Waals surface area (Å²) < 4.78 is 14.4. The summed E-state index contributed by atoms with van der Waals surface area (Å²) in [5.41, 5.74) is 0.0350. The SMILES string of the molecule is CN(CCc1cc(Br)ccc1F)C(=O)C1(CO)CC1. The van der Waals surface area contributed by atoms with Crippen LogP contribution in [-0.2, 0) is 11.2 Å². The normalized spacial score (nSPS) is 16.2. The number of hydrogen-bond donors (Lipinski definition) is 1. The van der Waals surface area contributed by atoms with Crippen LogP contribution in [0.3, 0.4) is 0 Å². The number of aliphatic hydroxyl groups excluding tert-OH is 1. The molecule has 0 unspecified atom stereocenters. The molecule has 1 aromatic rings. The minimum absolute atomic E-state index is 0.0367. The summed E-state index contributed by atoms with van der Waals surface area (Å²) in [4.78, 5) is 13.7. The maximum Gasteiger partial charge on any atom is 0.230 e. The summed E-state index contributed by atoms with van der Waals surface area (Å²) in [5.74, 6) is -0.294. The van der Waals surface area contributed by atoms with E-state index in [2.05, 4.69) is 15.9 Å². The molecule has 0 aliphatic heterocycles. The van der Waals surface area contributed by atoms with Crippen molar-refractivity contribution in [3.05, 3.63) is 34.1 Å². The molecule has 19 heavy (non-hydrogen) atoms. The third-order valence-corrected chi connectivity index (χ3v) is 4.17. The lowest BCUT2D eigenvalue weighted by molar-refractivity contribution is -0.137. The fourth-order valence-electron chi connectivity index (χ4n) is 2.12. The molecule has 0 bridgehead atoms. The highest BCUT2D eigenvalue weighted by atomic mass is 79.9. The molecule has 0 heterocycles. The molecular formula is C14H17BrFNO2. The number of aliphatic hydroxyl groups is 1. The van der Waals surface area contributed by atoms with Gasteiger partial charge in [-0.05, 0) is 43.0 Å². The lowest BCUT2D eigenvalue weighted by Crippen LogP contribution is -2.37. The Bertz CT molecular complexity index is 488. The maximum absolute atomic E-state index is 13.6. The first-order chi connectivity index (χ1) is 8.98. The van der Waals surface area contributed by atoms with Crippen molar-refractivity contribution in [2.24, 2.45) is 5.41 Å². The topological polar surface area (TPSA) is 40.5 Å². The largest absolute Gasteiger partial charge is 0.395 e. The van der Waals surface area contributed by atoms with Crippen molar-refractivity contribution in [3.63, 3.8) is 0 Å². The van der Waals surface area contributed by atoms with E-state index >= 15 is 0 Å². The Kier molecular flexibility index (Phi) is 4.26. The van der Waals surface area contributed by atoms with E-state index in [1.165, 1.54) is 6.07 Å². The molecule has 0 atom stereocenters. The molecule has 0 saturated heterocycles. The predicted octanol–water partition coefficient (Wildman–Crippen LogP) is 2.36. The standard InChI is InChI=1S/C14H17BrFNO2/c1-17(13(19)14(9-18)5-6-14)7-4-10-8-11(15)2-3-12(10)16/h2-3,8,18H,4-7,9H2,1H3. The number of carbonyl (C=O) groups excluding carboxylic acids is 1. The summed E-state index contributed by atoms with van der Waals surface area (Å²) in [6, 6.07) is 4.79. The maximum atomic E-state index is 13.6. The second-order valence-corrected chi connectivity index (χ2v) is 6.07. The van der Waals surface area contributed by atoms with Crippen LogP contribution in [0.2, 0.25) is 0 Å². The van der Waals surface area contributed by atoms with Crippen molar-refractivity contribution in [1.29, 1.82) is 0 Å². The van der Waals surface area contributed by atoms with Gasteiger partial charge in [-0.15, -0.1) is 0 Å². The molecule has 3 nitrogen and oxygen atoms in total. The van der Waals surface area contributed by atoms with Crippen LogP contribution in [0.25, 0.3) is 0 Å². The van der Waals surface area contributed by atoms with Crippen LogP contribution in [0.15, 0.2) is 22.7 Å². The van der Waals surface area contributed by atoms with E-state index in [0.29, 0.717) is 18.5 Å². The van der Waals surface area contributed by atoms with E-state index in [1.807, 2.05) is 0 Å². The fourth-order valence-corrected chi connectivity index (χ4v) is 2.53. The van der Waals surface area contributed by atoms with Crippen molar-refractivity contribution in [3.8, 4) is 0 Å². The fraction of sp³-hybridized carbons (Fsp3) is 0.500. The molecule has 1 N–H and O–H groups in total. The average molecular weight is 330 g/mol. The van der Waals surface area contributed by atoms with Crippen LogP contribution in [-0.4, -0.2) is 36.1 Å². The summed E-state index contributed by atoms with van der Waals surface area (Å²) in [6.07, 6.45) is 1.96. The molecule has 1 aromatic carbocycles. The summed E-state index contributed by atoms with van der Waals surface area (Å²) in [7, 11) is 1.70. The molecule has 1 fully saturated rings. The second kappa shape index (κ2) is 5.59. The van der Waals surface area contributed by atoms with Crippen molar-refractivity contribution >= 4 is 21.8 Å². The zero-order valence-electron chi connectivity index (χ0n) is 10.8. The Hall–Kier alpha value is -0.940. The Morgan fingerprint density at radius 1 is 1.53 bits per heavy atom. The van der Waals surface area contributed by atoms with Crippen LogP contribution >= 0.6 is 15.9 Å². The van der Waals surface area contributed by atoms with Gasteiger partial charge in [-0.2, -0.15) is 0 Å². The molecule has 5 heteroatoms. The molecule has 104 valence electrons. The van der Waals surface area contributed by atoms with Crippen LogP contribution in [0.4, 0.5) is 4.39 Å². The smallest absolute Gasteiger partial charge is 0.230 e. The van der Waals surface area contributed by atoms with Crippen LogP contribution in [0.5, 0.6) is 0 Å². The third-order valence-electron chi connectivity index (χ3n) is 3.68. The highest BCUT2D eigenvalue weighted by Crippen LogP contribution is 2.46. The van der Waals surface area contributed by atoms with E-state index in [-0.39, 0.29) is 18.3 Å². The van der Waals surface area contributed by atoms with Crippen molar-refractivity contribution in [2.75, 3.05) is 20.2 Å². The second-order valence-electron chi connectivity index (χ2n) is 5.15. The molecule has 1 amide bonds. The van der Waals surface area contributed by atoms with Crippen LogP contribution in [0.1, 0.15) is 18.4 Å². The van der Waals surface area contributed by atoms with E-state index in [1.54, 1.807) is 24.1 Å². The molecule has 1 aliphatic carbocycles. The molecular weight excluding hydrogens is 313 g/mol. The average Bonchev–Trinajstić information content (AvgIpc) is 3.19. The Balaban J connectivity index is 1.95. The first-order valence-corrected chi connectivity index (χ1v) is 7.08. The highest BCUT2D eigenvalue weighted by Gasteiger charge is 2.50. The zero-order chi connectivity index (χ0) is 14.0. The van der Waals surface area contributed by atoms with Gasteiger partial charge in [0.05, 0.1) is 12.0 Å². The van der Waals surface area contributed by atoms with Crippen LogP contribution < -0.4 is 0 Å². The summed E-state index contributed by atoms with van der Waals surface area (Å²) in [6.45, 7) is 0.357. The van der Waals surface area contributed by atoms with E-state index < -0.39 is 5.41 Å². The number of likely N-dealkylation sites (N-methyl/N-ethyl adjacent to an activating group) is 1. The number of hydrogen-bond acceptors (Lipinski definition) is 2. The number of nitrogens with zero attached hydrogens (tertiary/aromatic N) is 1. The molecule has 2 rings (SSSR count). The Morgan fingerprint density at radius 3 is 2.79 bits per heavy atom. The van der Waals surface area contributed by atoms with E-state index in [9.17, 15) is 14.3 Å². The molecule has 0 spiro atoms. The van der Waals surface area contributed by atoms with E-state index in [0.717, 1.165) is 17.3 Å². The first kappa shape index (κ1) is 14.5. The van der Waals surface area contributed by atoms with Gasteiger partial charge in [-0.25, -0.2) is 4.39 Å². The van der Waals surface area contributed by atoms with Gasteiger partial charge in [0.15, 0.2) is 0 Å². The minimum Gasteiger partial charge on any atom is -0.395 e.